The van der Waals surface area contributed by atoms with Gasteiger partial charge >= 0.3 is 0 Å². The molecular weight excluding hydrogens is 276 g/mol. The maximum Gasteiger partial charge on any atom is 0.0658 e. The lowest BCUT2D eigenvalue weighted by Crippen LogP contribution is -2.30. The number of hydrogen-bond donors (Lipinski definition) is 1. The van der Waals surface area contributed by atoms with Gasteiger partial charge in [-0.25, -0.2) is 0 Å². The normalized spacial score (nSPS) is 11.2. The first-order valence-corrected chi connectivity index (χ1v) is 7.78. The molecule has 1 aromatic carbocycles. The Labute approximate surface area is 132 Å². The standard InChI is InChI=1S/C17H26N4O/c1-22-12-11-21-15-17(13-19-21)14-20(10-8-18)9-7-16-5-3-2-4-6-16/h2-6,13,15H,7-12,14,18H2,1H3. The number of ether oxygens (including phenoxy) is 1. The largest absolute Gasteiger partial charge is 0.383 e. The van der Waals surface area contributed by atoms with Crippen LogP contribution in [0.3, 0.4) is 0 Å². The molecule has 5 heteroatoms. The highest BCUT2D eigenvalue weighted by Gasteiger charge is 2.07. The summed E-state index contributed by atoms with van der Waals surface area (Å²) >= 11 is 0. The molecule has 5 nitrogen and oxygen atoms in total. The second kappa shape index (κ2) is 9.35. The molecule has 0 unspecified atom stereocenters. The fourth-order valence-electron chi connectivity index (χ4n) is 2.44. The molecule has 0 aliphatic carbocycles. The molecule has 0 saturated carbocycles. The molecule has 0 atom stereocenters. The second-order valence-electron chi connectivity index (χ2n) is 5.40. The van der Waals surface area contributed by atoms with Crippen molar-refractivity contribution in [1.82, 2.24) is 14.7 Å². The summed E-state index contributed by atoms with van der Waals surface area (Å²) in [5.41, 5.74) is 8.33. The highest BCUT2D eigenvalue weighted by Crippen LogP contribution is 2.06. The Hall–Kier alpha value is -1.69. The molecule has 0 radical (unpaired) electrons. The minimum atomic E-state index is 0.673. The first kappa shape index (κ1) is 16.7. The van der Waals surface area contributed by atoms with E-state index in [0.29, 0.717) is 13.2 Å². The second-order valence-corrected chi connectivity index (χ2v) is 5.40. The predicted molar refractivity (Wildman–Crippen MR) is 88.6 cm³/mol. The summed E-state index contributed by atoms with van der Waals surface area (Å²) in [4.78, 5) is 2.38. The SMILES string of the molecule is COCCn1cc(CN(CCN)CCc2ccccc2)cn1. The quantitative estimate of drug-likeness (QED) is 0.723. The lowest BCUT2D eigenvalue weighted by Gasteiger charge is -2.20. The molecule has 0 amide bonds. The Balaban J connectivity index is 1.86. The smallest absolute Gasteiger partial charge is 0.0658 e. The van der Waals surface area contributed by atoms with Crippen LogP contribution in [0.1, 0.15) is 11.1 Å². The van der Waals surface area contributed by atoms with Crippen LogP contribution in [0.4, 0.5) is 0 Å². The van der Waals surface area contributed by atoms with Gasteiger partial charge in [-0.3, -0.25) is 9.58 Å². The molecule has 2 rings (SSSR count). The molecule has 0 spiro atoms. The van der Waals surface area contributed by atoms with Crippen molar-refractivity contribution in [2.45, 2.75) is 19.5 Å². The Morgan fingerprint density at radius 2 is 2.00 bits per heavy atom. The third kappa shape index (κ3) is 5.60. The van der Waals surface area contributed by atoms with Gasteiger partial charge in [-0.1, -0.05) is 30.3 Å². The molecule has 0 aliphatic heterocycles. The first-order valence-electron chi connectivity index (χ1n) is 7.78. The predicted octanol–water partition coefficient (Wildman–Crippen LogP) is 1.53. The van der Waals surface area contributed by atoms with E-state index in [1.165, 1.54) is 11.1 Å². The summed E-state index contributed by atoms with van der Waals surface area (Å²) in [5, 5.41) is 4.36. The molecule has 0 saturated heterocycles. The van der Waals surface area contributed by atoms with E-state index in [4.69, 9.17) is 10.5 Å². The van der Waals surface area contributed by atoms with Crippen molar-refractivity contribution in [2.75, 3.05) is 33.4 Å². The highest BCUT2D eigenvalue weighted by atomic mass is 16.5. The molecule has 0 fully saturated rings. The molecule has 0 aliphatic rings. The highest BCUT2D eigenvalue weighted by molar-refractivity contribution is 5.15. The zero-order valence-electron chi connectivity index (χ0n) is 13.3. The van der Waals surface area contributed by atoms with Crippen molar-refractivity contribution in [3.8, 4) is 0 Å². The Morgan fingerprint density at radius 3 is 2.73 bits per heavy atom. The van der Waals surface area contributed by atoms with Crippen LogP contribution in [-0.4, -0.2) is 48.0 Å². The van der Waals surface area contributed by atoms with E-state index in [0.717, 1.165) is 32.6 Å². The summed E-state index contributed by atoms with van der Waals surface area (Å²) in [6.45, 7) is 4.93. The molecule has 1 heterocycles. The van der Waals surface area contributed by atoms with Crippen LogP contribution in [0, 0.1) is 0 Å². The molecule has 0 bridgehead atoms. The number of benzene rings is 1. The van der Waals surface area contributed by atoms with Crippen LogP contribution in [0.2, 0.25) is 0 Å². The van der Waals surface area contributed by atoms with E-state index in [9.17, 15) is 0 Å². The topological polar surface area (TPSA) is 56.3 Å². The number of aromatic nitrogens is 2. The van der Waals surface area contributed by atoms with E-state index in [1.54, 1.807) is 7.11 Å². The van der Waals surface area contributed by atoms with Gasteiger partial charge in [-0.15, -0.1) is 0 Å². The maximum absolute atomic E-state index is 5.74. The third-order valence-corrected chi connectivity index (χ3v) is 3.62. The van der Waals surface area contributed by atoms with Gasteiger partial charge in [0.1, 0.15) is 0 Å². The molecule has 22 heavy (non-hydrogen) atoms. The number of nitrogens with two attached hydrogens (primary N) is 1. The van der Waals surface area contributed by atoms with Crippen molar-refractivity contribution in [3.63, 3.8) is 0 Å². The van der Waals surface area contributed by atoms with Crippen molar-refractivity contribution < 1.29 is 4.74 Å². The van der Waals surface area contributed by atoms with E-state index < -0.39 is 0 Å². The monoisotopic (exact) mass is 302 g/mol. The fourth-order valence-corrected chi connectivity index (χ4v) is 2.44. The minimum Gasteiger partial charge on any atom is -0.383 e. The number of nitrogens with zero attached hydrogens (tertiary/aromatic N) is 3. The molecule has 120 valence electrons. The van der Waals surface area contributed by atoms with Crippen LogP contribution in [0.25, 0.3) is 0 Å². The number of rotatable bonds is 10. The summed E-state index contributed by atoms with van der Waals surface area (Å²) in [7, 11) is 1.71. The van der Waals surface area contributed by atoms with Crippen LogP contribution in [0.15, 0.2) is 42.7 Å². The van der Waals surface area contributed by atoms with Gasteiger partial charge in [0, 0.05) is 45.0 Å². The summed E-state index contributed by atoms with van der Waals surface area (Å²) in [6.07, 6.45) is 5.06. The maximum atomic E-state index is 5.74. The van der Waals surface area contributed by atoms with E-state index in [2.05, 4.69) is 46.5 Å². The fraction of sp³-hybridized carbons (Fsp3) is 0.471. The van der Waals surface area contributed by atoms with Crippen molar-refractivity contribution in [2.24, 2.45) is 5.73 Å². The lowest BCUT2D eigenvalue weighted by molar-refractivity contribution is 0.183. The average Bonchev–Trinajstić information content (AvgIpc) is 2.99. The van der Waals surface area contributed by atoms with Crippen molar-refractivity contribution in [1.29, 1.82) is 0 Å². The zero-order valence-corrected chi connectivity index (χ0v) is 13.3. The number of hydrogen-bond acceptors (Lipinski definition) is 4. The van der Waals surface area contributed by atoms with Crippen LogP contribution >= 0.6 is 0 Å². The van der Waals surface area contributed by atoms with Gasteiger partial charge in [0.05, 0.1) is 19.3 Å². The molecule has 2 aromatic rings. The first-order chi connectivity index (χ1) is 10.8. The minimum absolute atomic E-state index is 0.673. The Morgan fingerprint density at radius 1 is 1.18 bits per heavy atom. The van der Waals surface area contributed by atoms with E-state index in [-0.39, 0.29) is 0 Å². The van der Waals surface area contributed by atoms with Gasteiger partial charge in [0.2, 0.25) is 0 Å². The van der Waals surface area contributed by atoms with Crippen molar-refractivity contribution >= 4 is 0 Å². The van der Waals surface area contributed by atoms with Crippen LogP contribution < -0.4 is 5.73 Å². The Bertz CT molecular complexity index is 526. The van der Waals surface area contributed by atoms with Gasteiger partial charge in [0.25, 0.3) is 0 Å². The average molecular weight is 302 g/mol. The van der Waals surface area contributed by atoms with Gasteiger partial charge in [0.15, 0.2) is 0 Å². The summed E-state index contributed by atoms with van der Waals surface area (Å²) in [5.74, 6) is 0. The van der Waals surface area contributed by atoms with Crippen LogP contribution in [-0.2, 0) is 24.2 Å². The van der Waals surface area contributed by atoms with Crippen molar-refractivity contribution in [3.05, 3.63) is 53.9 Å². The number of methoxy groups -OCH3 is 1. The molecule has 1 aromatic heterocycles. The Kier molecular flexibility index (Phi) is 7.09. The zero-order chi connectivity index (χ0) is 15.6. The lowest BCUT2D eigenvalue weighted by atomic mass is 10.1. The van der Waals surface area contributed by atoms with Gasteiger partial charge in [-0.05, 0) is 12.0 Å². The summed E-state index contributed by atoms with van der Waals surface area (Å²) < 4.78 is 7.00. The third-order valence-electron chi connectivity index (χ3n) is 3.62. The van der Waals surface area contributed by atoms with E-state index >= 15 is 0 Å². The van der Waals surface area contributed by atoms with Gasteiger partial charge < -0.3 is 10.5 Å². The summed E-state index contributed by atoms with van der Waals surface area (Å²) in [6, 6.07) is 10.6. The van der Waals surface area contributed by atoms with Gasteiger partial charge in [-0.2, -0.15) is 5.10 Å². The molecular formula is C17H26N4O. The van der Waals surface area contributed by atoms with E-state index in [1.807, 2.05) is 10.9 Å². The molecule has 2 N–H and O–H groups in total. The van der Waals surface area contributed by atoms with Crippen LogP contribution in [0.5, 0.6) is 0 Å².